The standard InChI is InChI=1S/C52H88N2O5/c1-39(2)17-11-19-41(5)21-13-23-43(7)25-15-27-45(9)37-51(47-29-33-49(34-30-47)53(55)56)59-52(48-31-35-50(36-32-48)54(57)58)38-46(10)28-16-26-44(8)24-14-22-42(6)20-12-18-40(3)4/h29-36,39-46,51-52H,11-28,37-38H2,1-10H3. The van der Waals surface area contributed by atoms with E-state index in [2.05, 4.69) is 69.2 Å². The molecular formula is C52H88N2O5. The molecule has 7 nitrogen and oxygen atoms in total. The quantitative estimate of drug-likeness (QED) is 0.0517. The number of nitro benzene ring substituents is 2. The highest BCUT2D eigenvalue weighted by molar-refractivity contribution is 5.35. The summed E-state index contributed by atoms with van der Waals surface area (Å²) < 4.78 is 7.11. The molecule has 0 radical (unpaired) electrons. The molecule has 0 aliphatic heterocycles. The van der Waals surface area contributed by atoms with Crippen LogP contribution in [0.25, 0.3) is 0 Å². The lowest BCUT2D eigenvalue weighted by Gasteiger charge is -2.30. The number of benzene rings is 2. The van der Waals surface area contributed by atoms with Gasteiger partial charge < -0.3 is 4.74 Å². The van der Waals surface area contributed by atoms with Gasteiger partial charge in [-0.3, -0.25) is 20.2 Å². The van der Waals surface area contributed by atoms with Gasteiger partial charge >= 0.3 is 0 Å². The summed E-state index contributed by atoms with van der Waals surface area (Å²) in [6.07, 6.45) is 24.1. The molecule has 0 aromatic heterocycles. The van der Waals surface area contributed by atoms with Gasteiger partial charge in [0.2, 0.25) is 0 Å². The average Bonchev–Trinajstić information content (AvgIpc) is 3.17. The third-order valence-corrected chi connectivity index (χ3v) is 13.0. The first-order chi connectivity index (χ1) is 28.0. The van der Waals surface area contributed by atoms with E-state index in [1.807, 2.05) is 24.3 Å². The Kier molecular flexibility index (Phi) is 26.1. The minimum absolute atomic E-state index is 0.0745. The van der Waals surface area contributed by atoms with E-state index in [1.165, 1.54) is 103 Å². The zero-order valence-corrected chi connectivity index (χ0v) is 39.5. The van der Waals surface area contributed by atoms with Gasteiger partial charge in [-0.15, -0.1) is 0 Å². The molecule has 0 heterocycles. The fraction of sp³-hybridized carbons (Fsp3) is 0.769. The van der Waals surface area contributed by atoms with Crippen LogP contribution in [0.15, 0.2) is 48.5 Å². The van der Waals surface area contributed by atoms with Crippen molar-refractivity contribution in [2.45, 2.75) is 210 Å². The lowest BCUT2D eigenvalue weighted by Crippen LogP contribution is -2.16. The second-order valence-corrected chi connectivity index (χ2v) is 20.3. The number of hydrogen-bond donors (Lipinski definition) is 0. The Bertz CT molecular complexity index is 1290. The van der Waals surface area contributed by atoms with E-state index in [-0.39, 0.29) is 33.4 Å². The Morgan fingerprint density at radius 2 is 0.627 bits per heavy atom. The first kappa shape index (κ1) is 52.3. The van der Waals surface area contributed by atoms with Crippen LogP contribution >= 0.6 is 0 Å². The number of non-ortho nitro benzene ring substituents is 2. The topological polar surface area (TPSA) is 95.5 Å². The van der Waals surface area contributed by atoms with Gasteiger partial charge in [-0.2, -0.15) is 0 Å². The predicted octanol–water partition coefficient (Wildman–Crippen LogP) is 17.2. The van der Waals surface area contributed by atoms with E-state index >= 15 is 0 Å². The average molecular weight is 821 g/mol. The fourth-order valence-corrected chi connectivity index (χ4v) is 8.91. The minimum Gasteiger partial charge on any atom is -0.366 e. The first-order valence-corrected chi connectivity index (χ1v) is 24.2. The molecule has 0 saturated heterocycles. The number of nitrogens with zero attached hydrogens (tertiary/aromatic N) is 2. The summed E-state index contributed by atoms with van der Waals surface area (Å²) >= 11 is 0. The largest absolute Gasteiger partial charge is 0.366 e. The zero-order chi connectivity index (χ0) is 43.7. The molecule has 2 rings (SSSR count). The maximum atomic E-state index is 11.5. The highest BCUT2D eigenvalue weighted by atomic mass is 16.6. The Hall–Kier alpha value is -2.80. The van der Waals surface area contributed by atoms with Crippen molar-refractivity contribution < 1.29 is 14.6 Å². The van der Waals surface area contributed by atoms with Crippen LogP contribution in [0.4, 0.5) is 11.4 Å². The smallest absolute Gasteiger partial charge is 0.269 e. The van der Waals surface area contributed by atoms with Crippen LogP contribution in [-0.2, 0) is 4.74 Å². The summed E-state index contributed by atoms with van der Waals surface area (Å²) in [5.41, 5.74) is 2.04. The van der Waals surface area contributed by atoms with Crippen LogP contribution < -0.4 is 0 Å². The summed E-state index contributed by atoms with van der Waals surface area (Å²) in [6, 6.07) is 13.7. The van der Waals surface area contributed by atoms with E-state index in [9.17, 15) is 20.2 Å². The lowest BCUT2D eigenvalue weighted by molar-refractivity contribution is -0.385. The molecule has 8 atom stereocenters. The van der Waals surface area contributed by atoms with Crippen molar-refractivity contribution in [3.8, 4) is 0 Å². The predicted molar refractivity (Wildman–Crippen MR) is 250 cm³/mol. The van der Waals surface area contributed by atoms with Crippen molar-refractivity contribution in [2.75, 3.05) is 0 Å². The molecule has 0 amide bonds. The van der Waals surface area contributed by atoms with E-state index in [0.717, 1.165) is 72.3 Å². The molecule has 336 valence electrons. The van der Waals surface area contributed by atoms with Crippen molar-refractivity contribution in [3.63, 3.8) is 0 Å². The molecule has 59 heavy (non-hydrogen) atoms. The second kappa shape index (κ2) is 29.5. The van der Waals surface area contributed by atoms with Gasteiger partial charge in [0, 0.05) is 24.3 Å². The summed E-state index contributed by atoms with van der Waals surface area (Å²) in [5.74, 6) is 5.48. The molecule has 0 fully saturated rings. The zero-order valence-electron chi connectivity index (χ0n) is 39.5. The monoisotopic (exact) mass is 821 g/mol. The molecule has 0 aliphatic carbocycles. The molecule has 0 aliphatic rings. The van der Waals surface area contributed by atoms with Gasteiger partial charge in [-0.1, -0.05) is 185 Å². The molecule has 8 unspecified atom stereocenters. The Balaban J connectivity index is 2.05. The van der Waals surface area contributed by atoms with Crippen molar-refractivity contribution >= 4 is 11.4 Å². The lowest BCUT2D eigenvalue weighted by atomic mass is 9.88. The SMILES string of the molecule is CC(C)CCCC(C)CCCC(C)CCCC(C)CC(OC(CC(C)CCCC(C)CCCC(C)CCCC(C)C)c1ccc([N+](=O)[O-])cc1)c1ccc([N+](=O)[O-])cc1. The molecule has 0 N–H and O–H groups in total. The van der Waals surface area contributed by atoms with E-state index in [1.54, 1.807) is 24.3 Å². The minimum atomic E-state index is -0.352. The first-order valence-electron chi connectivity index (χ1n) is 24.2. The van der Waals surface area contributed by atoms with Gasteiger partial charge in [-0.05, 0) is 95.6 Å². The summed E-state index contributed by atoms with van der Waals surface area (Å²) in [6.45, 7) is 23.5. The van der Waals surface area contributed by atoms with Gasteiger partial charge in [0.25, 0.3) is 11.4 Å². The molecule has 0 spiro atoms. The fourth-order valence-electron chi connectivity index (χ4n) is 8.91. The van der Waals surface area contributed by atoms with Crippen molar-refractivity contribution in [1.82, 2.24) is 0 Å². The second-order valence-electron chi connectivity index (χ2n) is 20.3. The van der Waals surface area contributed by atoms with E-state index in [4.69, 9.17) is 4.74 Å². The van der Waals surface area contributed by atoms with Crippen LogP contribution in [0.2, 0.25) is 0 Å². The normalized spacial score (nSPS) is 16.1. The molecule has 0 saturated carbocycles. The van der Waals surface area contributed by atoms with Gasteiger partial charge in [0.1, 0.15) is 0 Å². The summed E-state index contributed by atoms with van der Waals surface area (Å²) in [4.78, 5) is 22.4. The van der Waals surface area contributed by atoms with Crippen LogP contribution in [0.5, 0.6) is 0 Å². The number of nitro groups is 2. The Labute approximate surface area is 362 Å². The summed E-state index contributed by atoms with van der Waals surface area (Å²) in [7, 11) is 0. The van der Waals surface area contributed by atoms with Crippen LogP contribution in [0, 0.1) is 67.6 Å². The number of rotatable bonds is 34. The van der Waals surface area contributed by atoms with Gasteiger partial charge in [-0.25, -0.2) is 0 Å². The van der Waals surface area contributed by atoms with Crippen molar-refractivity contribution in [2.24, 2.45) is 47.3 Å². The molecule has 7 heteroatoms. The highest BCUT2D eigenvalue weighted by Gasteiger charge is 2.25. The van der Waals surface area contributed by atoms with E-state index < -0.39 is 0 Å². The van der Waals surface area contributed by atoms with Crippen molar-refractivity contribution in [1.29, 1.82) is 0 Å². The maximum absolute atomic E-state index is 11.5. The van der Waals surface area contributed by atoms with E-state index in [0.29, 0.717) is 11.8 Å². The summed E-state index contributed by atoms with van der Waals surface area (Å²) in [5, 5.41) is 23.1. The van der Waals surface area contributed by atoms with Crippen molar-refractivity contribution in [3.05, 3.63) is 79.9 Å². The molecule has 0 bridgehead atoms. The molecule has 2 aromatic carbocycles. The van der Waals surface area contributed by atoms with Crippen LogP contribution in [0.1, 0.15) is 221 Å². The third kappa shape index (κ3) is 23.7. The molecular weight excluding hydrogens is 733 g/mol. The van der Waals surface area contributed by atoms with Gasteiger partial charge in [0.05, 0.1) is 22.1 Å². The Morgan fingerprint density at radius 1 is 0.390 bits per heavy atom. The number of hydrogen-bond acceptors (Lipinski definition) is 5. The van der Waals surface area contributed by atoms with Gasteiger partial charge in [0.15, 0.2) is 0 Å². The van der Waals surface area contributed by atoms with Crippen LogP contribution in [0.3, 0.4) is 0 Å². The Morgan fingerprint density at radius 3 is 0.864 bits per heavy atom. The molecule has 2 aromatic rings. The highest BCUT2D eigenvalue weighted by Crippen LogP contribution is 2.38. The third-order valence-electron chi connectivity index (χ3n) is 13.0. The van der Waals surface area contributed by atoms with Crippen LogP contribution in [-0.4, -0.2) is 9.85 Å². The maximum Gasteiger partial charge on any atom is 0.269 e. The number of ether oxygens (including phenoxy) is 1.